The Balaban J connectivity index is 1.90. The summed E-state index contributed by atoms with van der Waals surface area (Å²) >= 11 is 0. The molecule has 1 N–H and O–H groups in total. The lowest BCUT2D eigenvalue weighted by molar-refractivity contribution is -0.144. The molecule has 2 atom stereocenters. The largest absolute Gasteiger partial charge is 0.467 e. The number of hydrogen-bond donors (Lipinski definition) is 1. The number of carbonyl (C=O) groups excluding carboxylic acids is 3. The van der Waals surface area contributed by atoms with Crippen molar-refractivity contribution in [2.24, 2.45) is 0 Å². The fourth-order valence-corrected chi connectivity index (χ4v) is 2.88. The van der Waals surface area contributed by atoms with Crippen molar-refractivity contribution in [3.8, 4) is 0 Å². The van der Waals surface area contributed by atoms with Crippen molar-refractivity contribution >= 4 is 18.2 Å². The van der Waals surface area contributed by atoms with E-state index in [-0.39, 0.29) is 19.6 Å². The number of ether oxygens (including phenoxy) is 4. The van der Waals surface area contributed by atoms with Gasteiger partial charge in [-0.3, -0.25) is 0 Å². The van der Waals surface area contributed by atoms with E-state index < -0.39 is 35.9 Å². The van der Waals surface area contributed by atoms with Crippen LogP contribution >= 0.6 is 0 Å². The van der Waals surface area contributed by atoms with Crippen LogP contribution in [-0.2, 0) is 30.3 Å². The van der Waals surface area contributed by atoms with E-state index in [4.69, 9.17) is 18.9 Å². The Hall–Kier alpha value is -2.81. The molecule has 2 rings (SSSR count). The molecule has 0 bridgehead atoms. The van der Waals surface area contributed by atoms with Gasteiger partial charge in [0.15, 0.2) is 0 Å². The minimum atomic E-state index is -0.971. The standard InChI is InChI=1S/C21H30N2O7/c1-21(2,3)30-20(26)23-10-11-28-16(13-23)12-17(18(24)27-4)22-19(25)29-14-15-8-6-5-7-9-15/h5-9,16-17H,10-14H2,1-4H3,(H,22,25). The molecule has 1 aromatic rings. The predicted octanol–water partition coefficient (Wildman–Crippen LogP) is 2.48. The molecule has 0 aromatic heterocycles. The van der Waals surface area contributed by atoms with Gasteiger partial charge in [0.05, 0.1) is 26.4 Å². The van der Waals surface area contributed by atoms with Crippen LogP contribution in [0.15, 0.2) is 30.3 Å². The molecule has 2 amide bonds. The molecule has 1 saturated heterocycles. The van der Waals surface area contributed by atoms with Crippen molar-refractivity contribution in [2.75, 3.05) is 26.8 Å². The molecule has 1 aliphatic heterocycles. The number of nitrogens with zero attached hydrogens (tertiary/aromatic N) is 1. The van der Waals surface area contributed by atoms with E-state index in [2.05, 4.69) is 5.32 Å². The minimum Gasteiger partial charge on any atom is -0.467 e. The summed E-state index contributed by atoms with van der Waals surface area (Å²) < 4.78 is 21.0. The molecule has 1 fully saturated rings. The number of nitrogens with one attached hydrogen (secondary N) is 1. The summed E-state index contributed by atoms with van der Waals surface area (Å²) in [4.78, 5) is 38.1. The van der Waals surface area contributed by atoms with E-state index in [1.807, 2.05) is 30.3 Å². The first-order valence-corrected chi connectivity index (χ1v) is 9.82. The first kappa shape index (κ1) is 23.5. The maximum Gasteiger partial charge on any atom is 0.410 e. The molecule has 9 heteroatoms. The van der Waals surface area contributed by atoms with Crippen molar-refractivity contribution in [3.05, 3.63) is 35.9 Å². The highest BCUT2D eigenvalue weighted by atomic mass is 16.6. The Kier molecular flexibility index (Phi) is 8.46. The second kappa shape index (κ2) is 10.8. The smallest absolute Gasteiger partial charge is 0.410 e. The topological polar surface area (TPSA) is 103 Å². The summed E-state index contributed by atoms with van der Waals surface area (Å²) in [5.41, 5.74) is 0.217. The first-order chi connectivity index (χ1) is 14.2. The van der Waals surface area contributed by atoms with Crippen LogP contribution in [0.25, 0.3) is 0 Å². The highest BCUT2D eigenvalue weighted by Crippen LogP contribution is 2.16. The molecular weight excluding hydrogens is 392 g/mol. The van der Waals surface area contributed by atoms with Gasteiger partial charge in [-0.1, -0.05) is 30.3 Å². The van der Waals surface area contributed by atoms with Gasteiger partial charge in [0.25, 0.3) is 0 Å². The van der Waals surface area contributed by atoms with Gasteiger partial charge in [0, 0.05) is 13.0 Å². The monoisotopic (exact) mass is 422 g/mol. The van der Waals surface area contributed by atoms with Crippen molar-refractivity contribution in [2.45, 2.75) is 51.5 Å². The van der Waals surface area contributed by atoms with Crippen LogP contribution in [0, 0.1) is 0 Å². The van der Waals surface area contributed by atoms with E-state index in [0.717, 1.165) is 5.56 Å². The van der Waals surface area contributed by atoms with E-state index in [0.29, 0.717) is 13.2 Å². The highest BCUT2D eigenvalue weighted by Gasteiger charge is 2.32. The summed E-state index contributed by atoms with van der Waals surface area (Å²) in [7, 11) is 1.24. The van der Waals surface area contributed by atoms with Gasteiger partial charge in [-0.25, -0.2) is 14.4 Å². The number of methoxy groups -OCH3 is 1. The number of amides is 2. The Morgan fingerprint density at radius 2 is 1.93 bits per heavy atom. The van der Waals surface area contributed by atoms with Gasteiger partial charge >= 0.3 is 18.2 Å². The molecule has 0 saturated carbocycles. The van der Waals surface area contributed by atoms with Crippen molar-refractivity contribution in [3.63, 3.8) is 0 Å². The van der Waals surface area contributed by atoms with Crippen LogP contribution in [-0.4, -0.2) is 67.6 Å². The number of benzene rings is 1. The number of morpholine rings is 1. The fourth-order valence-electron chi connectivity index (χ4n) is 2.88. The SMILES string of the molecule is COC(=O)C(CC1CN(C(=O)OC(C)(C)C)CCO1)NC(=O)OCc1ccccc1. The van der Waals surface area contributed by atoms with Gasteiger partial charge in [0.2, 0.25) is 0 Å². The Bertz CT molecular complexity index is 718. The van der Waals surface area contributed by atoms with Crippen molar-refractivity contribution in [1.29, 1.82) is 0 Å². The highest BCUT2D eigenvalue weighted by molar-refractivity contribution is 5.81. The van der Waals surface area contributed by atoms with Crippen LogP contribution in [0.1, 0.15) is 32.8 Å². The Morgan fingerprint density at radius 3 is 2.57 bits per heavy atom. The number of esters is 1. The molecule has 0 radical (unpaired) electrons. The van der Waals surface area contributed by atoms with Crippen LogP contribution in [0.2, 0.25) is 0 Å². The average Bonchev–Trinajstić information content (AvgIpc) is 2.71. The second-order valence-electron chi connectivity index (χ2n) is 7.94. The predicted molar refractivity (Wildman–Crippen MR) is 108 cm³/mol. The minimum absolute atomic E-state index is 0.0763. The molecule has 30 heavy (non-hydrogen) atoms. The first-order valence-electron chi connectivity index (χ1n) is 9.82. The van der Waals surface area contributed by atoms with Crippen LogP contribution in [0.4, 0.5) is 9.59 Å². The molecule has 1 aliphatic rings. The molecule has 166 valence electrons. The summed E-state index contributed by atoms with van der Waals surface area (Å²) in [6.45, 7) is 6.39. The third kappa shape index (κ3) is 7.90. The number of carbonyl (C=O) groups is 3. The normalized spacial score (nSPS) is 17.6. The van der Waals surface area contributed by atoms with Crippen LogP contribution < -0.4 is 5.32 Å². The van der Waals surface area contributed by atoms with E-state index in [1.165, 1.54) is 12.0 Å². The van der Waals surface area contributed by atoms with Gasteiger partial charge < -0.3 is 29.2 Å². The zero-order valence-electron chi connectivity index (χ0n) is 17.9. The molecule has 0 aliphatic carbocycles. The lowest BCUT2D eigenvalue weighted by atomic mass is 10.1. The Labute approximate surface area is 176 Å². The summed E-state index contributed by atoms with van der Waals surface area (Å²) in [6.07, 6.45) is -1.52. The number of hydrogen-bond acceptors (Lipinski definition) is 7. The van der Waals surface area contributed by atoms with Gasteiger partial charge in [-0.15, -0.1) is 0 Å². The Morgan fingerprint density at radius 1 is 1.23 bits per heavy atom. The van der Waals surface area contributed by atoms with Crippen LogP contribution in [0.5, 0.6) is 0 Å². The van der Waals surface area contributed by atoms with Gasteiger partial charge in [-0.2, -0.15) is 0 Å². The molecule has 2 unspecified atom stereocenters. The van der Waals surface area contributed by atoms with Crippen LogP contribution in [0.3, 0.4) is 0 Å². The zero-order valence-corrected chi connectivity index (χ0v) is 17.9. The summed E-state index contributed by atoms with van der Waals surface area (Å²) in [5, 5.41) is 2.52. The lowest BCUT2D eigenvalue weighted by Crippen LogP contribution is -2.51. The number of rotatable bonds is 6. The maximum absolute atomic E-state index is 12.3. The van der Waals surface area contributed by atoms with E-state index in [1.54, 1.807) is 20.8 Å². The summed E-state index contributed by atoms with van der Waals surface area (Å²) in [6, 6.07) is 8.22. The van der Waals surface area contributed by atoms with Gasteiger partial charge in [-0.05, 0) is 26.3 Å². The third-order valence-electron chi connectivity index (χ3n) is 4.28. The molecule has 0 spiro atoms. The van der Waals surface area contributed by atoms with Crippen molar-refractivity contribution < 1.29 is 33.3 Å². The van der Waals surface area contributed by atoms with Crippen molar-refractivity contribution in [1.82, 2.24) is 10.2 Å². The third-order valence-corrected chi connectivity index (χ3v) is 4.28. The fraction of sp³-hybridized carbons (Fsp3) is 0.571. The molecule has 1 aromatic carbocycles. The average molecular weight is 422 g/mol. The number of alkyl carbamates (subject to hydrolysis) is 1. The molecule has 9 nitrogen and oxygen atoms in total. The lowest BCUT2D eigenvalue weighted by Gasteiger charge is -2.35. The van der Waals surface area contributed by atoms with E-state index in [9.17, 15) is 14.4 Å². The zero-order chi connectivity index (χ0) is 22.1. The second-order valence-corrected chi connectivity index (χ2v) is 7.94. The quantitative estimate of drug-likeness (QED) is 0.555. The molecule has 1 heterocycles. The molecular formula is C21H30N2O7. The van der Waals surface area contributed by atoms with Gasteiger partial charge in [0.1, 0.15) is 18.2 Å². The summed E-state index contributed by atoms with van der Waals surface area (Å²) in [5.74, 6) is -0.621. The van der Waals surface area contributed by atoms with E-state index >= 15 is 0 Å². The maximum atomic E-state index is 12.3.